The van der Waals surface area contributed by atoms with E-state index in [0.29, 0.717) is 38.2 Å². The van der Waals surface area contributed by atoms with Crippen molar-refractivity contribution in [1.29, 1.82) is 0 Å². The van der Waals surface area contributed by atoms with E-state index in [4.69, 9.17) is 43.0 Å². The van der Waals surface area contributed by atoms with Crippen LogP contribution < -0.4 is 27.5 Å². The van der Waals surface area contributed by atoms with Crippen molar-refractivity contribution in [2.45, 2.75) is 120 Å². The normalized spacial score (nSPS) is 25.4. The van der Waals surface area contributed by atoms with Crippen LogP contribution in [0.15, 0.2) is 56.0 Å². The molecule has 10 unspecified atom stereocenters. The SMILES string of the molecule is CC(C)(CNC(=O)CCCn1c(N)nc2c(nc(Br)n2C2OC3COP(O)OC3C2O)c1=O)COC(C)(C)CCCNC(=O)CSc1nc2c(=O)n3cc(-c4ccccc4)[nH]c3nc2n1C1OC2COPOC2C1O. The Balaban J connectivity index is 0.681. The summed E-state index contributed by atoms with van der Waals surface area (Å²) >= 11 is 4.44. The second kappa shape index (κ2) is 22.1. The molecule has 0 saturated carbocycles. The van der Waals surface area contributed by atoms with Gasteiger partial charge in [0.2, 0.25) is 23.5 Å². The molecule has 5 aromatic heterocycles. The van der Waals surface area contributed by atoms with Crippen molar-refractivity contribution in [1.82, 2.24) is 53.7 Å². The molecule has 75 heavy (non-hydrogen) atoms. The third-order valence-corrected chi connectivity index (χ3v) is 16.2. The highest BCUT2D eigenvalue weighted by Gasteiger charge is 2.51. The standard InChI is InChI=1S/C45H57BrN12O14P2S/c1-44(2,20-49-26(59)12-8-15-55-36(63)28-34(53-41(55)47)57(40(46)51-28)38-31(62)33-25(70-38)18-68-74(65)72-33)21-66-45(3,4)13-9-14-48-27(60)19-75-43-52-29-35(58(43)39-30(61)32-24(69-39)17-67-73-71-32)54-42-50-23(16-56(42)37(29)64)22-10-6-5-7-11-22/h5-7,10-11,16,24-25,30-33,38-39,61-62,65,73H,8-9,12-15,17-21H2,1-4H3,(H2,47,53)(H,48,60)(H,49,59)(H,50,54). The Morgan fingerprint density at radius 2 is 1.67 bits per heavy atom. The number of nitrogens with zero attached hydrogens (tertiary/aromatic N) is 8. The lowest BCUT2D eigenvalue weighted by atomic mass is 9.93. The van der Waals surface area contributed by atoms with Crippen LogP contribution >= 0.6 is 45.3 Å². The number of aliphatic hydroxyl groups is 2. The number of nitrogens with one attached hydrogen (secondary N) is 3. The van der Waals surface area contributed by atoms with Gasteiger partial charge < -0.3 is 68.8 Å². The van der Waals surface area contributed by atoms with Crippen molar-refractivity contribution in [3.8, 4) is 11.3 Å². The summed E-state index contributed by atoms with van der Waals surface area (Å²) in [5.41, 5.74) is 6.11. The number of rotatable bonds is 19. The number of H-pyrrole nitrogens is 1. The van der Waals surface area contributed by atoms with Crippen LogP contribution in [0.25, 0.3) is 39.4 Å². The van der Waals surface area contributed by atoms with Crippen LogP contribution in [0.2, 0.25) is 0 Å². The molecule has 0 radical (unpaired) electrons. The lowest BCUT2D eigenvalue weighted by Gasteiger charge is -2.32. The maximum absolute atomic E-state index is 13.9. The maximum atomic E-state index is 13.9. The molecule has 6 aromatic rings. The fourth-order valence-corrected chi connectivity index (χ4v) is 12.1. The first kappa shape index (κ1) is 53.9. The molecule has 10 rings (SSSR count). The summed E-state index contributed by atoms with van der Waals surface area (Å²) < 4.78 is 45.9. The van der Waals surface area contributed by atoms with E-state index in [1.807, 2.05) is 58.0 Å². The molecular weight excluding hydrogens is 1110 g/mol. The molecule has 26 nitrogen and oxygen atoms in total. The quantitative estimate of drug-likeness (QED) is 0.0265. The number of hydrogen-bond acceptors (Lipinski definition) is 20. The molecule has 4 aliphatic heterocycles. The highest BCUT2D eigenvalue weighted by molar-refractivity contribution is 9.10. The number of aliphatic hydroxyl groups excluding tert-OH is 2. The van der Waals surface area contributed by atoms with Gasteiger partial charge >= 0.3 is 8.60 Å². The largest absolute Gasteiger partial charge is 0.386 e. The summed E-state index contributed by atoms with van der Waals surface area (Å²) in [7, 11) is -2.41. The van der Waals surface area contributed by atoms with E-state index < -0.39 is 79.8 Å². The van der Waals surface area contributed by atoms with Crippen molar-refractivity contribution >= 4 is 91.2 Å². The van der Waals surface area contributed by atoms with Crippen molar-refractivity contribution in [3.63, 3.8) is 0 Å². The van der Waals surface area contributed by atoms with Crippen LogP contribution in [0, 0.1) is 5.41 Å². The van der Waals surface area contributed by atoms with E-state index in [9.17, 15) is 34.3 Å². The van der Waals surface area contributed by atoms with Crippen LogP contribution in [0.5, 0.6) is 0 Å². The minimum Gasteiger partial charge on any atom is -0.386 e. The molecule has 4 fully saturated rings. The lowest BCUT2D eigenvalue weighted by Crippen LogP contribution is -2.39. The number of carbonyl (C=O) groups excluding carboxylic acids is 2. The van der Waals surface area contributed by atoms with Crippen LogP contribution in [0.3, 0.4) is 0 Å². The molecule has 4 saturated heterocycles. The van der Waals surface area contributed by atoms with Gasteiger partial charge in [-0.2, -0.15) is 9.97 Å². The third-order valence-electron chi connectivity index (χ3n) is 13.3. The van der Waals surface area contributed by atoms with Crippen molar-refractivity contribution < 1.29 is 57.0 Å². The predicted molar refractivity (Wildman–Crippen MR) is 276 cm³/mol. The van der Waals surface area contributed by atoms with Gasteiger partial charge in [0.25, 0.3) is 11.1 Å². The number of benzene rings is 1. The zero-order valence-electron chi connectivity index (χ0n) is 41.1. The molecule has 8 N–H and O–H groups in total. The lowest BCUT2D eigenvalue weighted by molar-refractivity contribution is -0.122. The summed E-state index contributed by atoms with van der Waals surface area (Å²) in [4.78, 5) is 84.9. The second-order valence-electron chi connectivity index (χ2n) is 20.0. The van der Waals surface area contributed by atoms with Gasteiger partial charge in [-0.05, 0) is 54.6 Å². The number of thioether (sulfide) groups is 1. The summed E-state index contributed by atoms with van der Waals surface area (Å²) in [6, 6.07) is 9.51. The Labute approximate surface area is 442 Å². The van der Waals surface area contributed by atoms with E-state index in [1.54, 1.807) is 10.8 Å². The van der Waals surface area contributed by atoms with Gasteiger partial charge in [0.15, 0.2) is 53.7 Å². The molecule has 0 spiro atoms. The molecule has 0 aliphatic carbocycles. The Morgan fingerprint density at radius 3 is 2.44 bits per heavy atom. The highest BCUT2D eigenvalue weighted by Crippen LogP contribution is 2.47. The van der Waals surface area contributed by atoms with Gasteiger partial charge in [-0.25, -0.2) is 14.4 Å². The zero-order valence-corrected chi connectivity index (χ0v) is 45.4. The fraction of sp³-hybridized carbons (Fsp3) is 0.556. The Bertz CT molecular complexity index is 3210. The van der Waals surface area contributed by atoms with E-state index in [-0.39, 0.29) is 103 Å². The summed E-state index contributed by atoms with van der Waals surface area (Å²) in [6.45, 7) is 9.24. The molecule has 30 heteroatoms. The Hall–Kier alpha value is -4.51. The summed E-state index contributed by atoms with van der Waals surface area (Å²) in [6.07, 6.45) is -3.94. The maximum Gasteiger partial charge on any atom is 0.330 e. The number of nitrogens with two attached hydrogens (primary N) is 1. The first-order chi connectivity index (χ1) is 35.9. The topological polar surface area (TPSA) is 330 Å². The number of aromatic nitrogens is 9. The minimum absolute atomic E-state index is 0.00922. The molecule has 404 valence electrons. The molecular formula is C45H57BrN12O14P2S. The monoisotopic (exact) mass is 1160 g/mol. The molecule has 9 heterocycles. The van der Waals surface area contributed by atoms with Gasteiger partial charge in [-0.1, -0.05) is 55.9 Å². The van der Waals surface area contributed by atoms with Crippen molar-refractivity contribution in [2.24, 2.45) is 5.41 Å². The van der Waals surface area contributed by atoms with Crippen LogP contribution in [-0.4, -0.2) is 151 Å². The number of fused-ring (bicyclic) bond motifs is 5. The number of aromatic amines is 1. The van der Waals surface area contributed by atoms with E-state index in [1.165, 1.54) is 13.5 Å². The number of ether oxygens (including phenoxy) is 3. The number of amides is 2. The van der Waals surface area contributed by atoms with Gasteiger partial charge in [0.1, 0.15) is 36.6 Å². The molecule has 4 aliphatic rings. The predicted octanol–water partition coefficient (Wildman–Crippen LogP) is 2.77. The van der Waals surface area contributed by atoms with Crippen molar-refractivity contribution in [3.05, 3.63) is 62.0 Å². The number of anilines is 1. The number of carbonyl (C=O) groups is 2. The van der Waals surface area contributed by atoms with Gasteiger partial charge in [-0.3, -0.25) is 32.9 Å². The number of hydrogen-bond donors (Lipinski definition) is 7. The summed E-state index contributed by atoms with van der Waals surface area (Å²) in [5, 5.41) is 28.6. The molecule has 2 amide bonds. The van der Waals surface area contributed by atoms with Gasteiger partial charge in [0.05, 0.1) is 36.9 Å². The van der Waals surface area contributed by atoms with Gasteiger partial charge in [0, 0.05) is 37.7 Å². The third kappa shape index (κ3) is 11.3. The fourth-order valence-electron chi connectivity index (χ4n) is 9.24. The van der Waals surface area contributed by atoms with Crippen LogP contribution in [0.1, 0.15) is 65.8 Å². The zero-order chi connectivity index (χ0) is 52.9. The number of halogens is 1. The van der Waals surface area contributed by atoms with E-state index in [0.717, 1.165) is 17.3 Å². The number of imidazole rings is 3. The molecule has 1 aromatic carbocycles. The van der Waals surface area contributed by atoms with Crippen molar-refractivity contribution in [2.75, 3.05) is 44.4 Å². The van der Waals surface area contributed by atoms with E-state index >= 15 is 0 Å². The molecule has 0 bridgehead atoms. The first-order valence-corrected chi connectivity index (χ1v) is 27.9. The Morgan fingerprint density at radius 1 is 0.947 bits per heavy atom. The van der Waals surface area contributed by atoms with Gasteiger partial charge in [-0.15, -0.1) is 0 Å². The van der Waals surface area contributed by atoms with Crippen LogP contribution in [-0.2, 0) is 48.4 Å². The molecule has 10 atom stereocenters. The average Bonchev–Trinajstić information content (AvgIpc) is 4.22. The Kier molecular flexibility index (Phi) is 15.9. The average molecular weight is 1160 g/mol. The first-order valence-electron chi connectivity index (χ1n) is 24.2. The van der Waals surface area contributed by atoms with Crippen LogP contribution in [0.4, 0.5) is 5.95 Å². The highest BCUT2D eigenvalue weighted by atomic mass is 79.9. The summed E-state index contributed by atoms with van der Waals surface area (Å²) in [5.74, 6) is -0.382. The minimum atomic E-state index is -2.16. The van der Waals surface area contributed by atoms with E-state index in [2.05, 4.69) is 46.5 Å². The second-order valence-corrected chi connectivity index (χ2v) is 23.2. The smallest absolute Gasteiger partial charge is 0.330 e. The number of nitrogen functional groups attached to an aromatic ring is 1.